The minimum atomic E-state index is -3.82. The summed E-state index contributed by atoms with van der Waals surface area (Å²) in [5.41, 5.74) is -0.937. The molecule has 0 spiro atoms. The Labute approximate surface area is 230 Å². The van der Waals surface area contributed by atoms with E-state index in [2.05, 4.69) is 25.9 Å². The number of hydrogen-bond donors (Lipinski definition) is 2. The Morgan fingerprint density at radius 2 is 1.93 bits per heavy atom. The monoisotopic (exact) mass is 573 g/mol. The van der Waals surface area contributed by atoms with Crippen molar-refractivity contribution in [3.8, 4) is 18.1 Å². The molecule has 1 aliphatic carbocycles. The fourth-order valence-electron chi connectivity index (χ4n) is 5.49. The topological polar surface area (TPSA) is 127 Å². The van der Waals surface area contributed by atoms with Gasteiger partial charge >= 0.3 is 6.61 Å². The molecule has 10 nitrogen and oxygen atoms in total. The van der Waals surface area contributed by atoms with Gasteiger partial charge in [0.2, 0.25) is 16.0 Å². The van der Waals surface area contributed by atoms with Crippen LogP contribution in [0, 0.1) is 12.3 Å². The Bertz CT molecular complexity index is 1610. The summed E-state index contributed by atoms with van der Waals surface area (Å²) >= 11 is 0. The molecule has 1 saturated carbocycles. The number of terminal acetylenes is 1. The van der Waals surface area contributed by atoms with Crippen molar-refractivity contribution < 1.29 is 27.0 Å². The lowest BCUT2D eigenvalue weighted by molar-refractivity contribution is -0.0498. The number of aromatic nitrogens is 3. The molecule has 13 heteroatoms. The van der Waals surface area contributed by atoms with Crippen LogP contribution in [0.1, 0.15) is 50.6 Å². The number of hydrogen-bond acceptors (Lipinski definition) is 8. The number of pyridine rings is 1. The number of anilines is 1. The standard InChI is InChI=1S/C27H29F2N5O5S/c1-3-17-15-18-16-30-26(32-23(18)34(24(17)35)22-5-4-12-27(22,2)36)31-19-10-13-33(14-11-19)40(37,38)21-8-6-20(7-9-21)39-25(28)29/h1,6-9,15-16,19,22,25,36H,4-5,10-14H2,2H3,(H,30,31,32)/t22-,27-/m1/s1. The summed E-state index contributed by atoms with van der Waals surface area (Å²) in [4.78, 5) is 22.2. The van der Waals surface area contributed by atoms with Crippen LogP contribution in [-0.4, -0.2) is 63.7 Å². The van der Waals surface area contributed by atoms with Crippen LogP contribution in [0.4, 0.5) is 14.7 Å². The molecule has 0 bridgehead atoms. The van der Waals surface area contributed by atoms with Crippen molar-refractivity contribution in [3.63, 3.8) is 0 Å². The number of sulfonamides is 1. The van der Waals surface area contributed by atoms with E-state index in [1.165, 1.54) is 33.1 Å². The number of ether oxygens (including phenoxy) is 1. The molecule has 1 saturated heterocycles. The van der Waals surface area contributed by atoms with Crippen molar-refractivity contribution in [2.24, 2.45) is 0 Å². The highest BCUT2D eigenvalue weighted by Gasteiger charge is 2.40. The molecule has 0 radical (unpaired) electrons. The summed E-state index contributed by atoms with van der Waals surface area (Å²) in [5.74, 6) is 2.58. The van der Waals surface area contributed by atoms with Crippen LogP contribution in [0.15, 0.2) is 46.2 Å². The first-order valence-corrected chi connectivity index (χ1v) is 14.4. The van der Waals surface area contributed by atoms with Crippen LogP contribution in [0.2, 0.25) is 0 Å². The number of benzene rings is 1. The number of nitrogens with zero attached hydrogens (tertiary/aromatic N) is 4. The normalized spacial score (nSPS) is 22.4. The predicted molar refractivity (Wildman–Crippen MR) is 144 cm³/mol. The number of nitrogens with one attached hydrogen (secondary N) is 1. The minimum Gasteiger partial charge on any atom is -0.435 e. The Hall–Kier alpha value is -3.60. The molecule has 3 heterocycles. The Morgan fingerprint density at radius 3 is 2.52 bits per heavy atom. The van der Waals surface area contributed by atoms with Crippen molar-refractivity contribution in [2.75, 3.05) is 18.4 Å². The van der Waals surface area contributed by atoms with Crippen molar-refractivity contribution >= 4 is 27.0 Å². The fourth-order valence-corrected chi connectivity index (χ4v) is 6.96. The summed E-state index contributed by atoms with van der Waals surface area (Å²) in [7, 11) is -3.82. The molecule has 1 aliphatic heterocycles. The molecule has 2 fully saturated rings. The van der Waals surface area contributed by atoms with Gasteiger partial charge in [0, 0.05) is 30.7 Å². The second kappa shape index (κ2) is 10.8. The maximum atomic E-state index is 13.2. The zero-order valence-corrected chi connectivity index (χ0v) is 22.6. The highest BCUT2D eigenvalue weighted by atomic mass is 32.2. The molecule has 2 N–H and O–H groups in total. The molecule has 2 aliphatic rings. The van der Waals surface area contributed by atoms with Gasteiger partial charge in [0.05, 0.1) is 22.1 Å². The van der Waals surface area contributed by atoms with Gasteiger partial charge in [-0.3, -0.25) is 9.36 Å². The van der Waals surface area contributed by atoms with Crippen molar-refractivity contribution in [1.82, 2.24) is 18.8 Å². The summed E-state index contributed by atoms with van der Waals surface area (Å²) in [6.07, 6.45) is 10.0. The summed E-state index contributed by atoms with van der Waals surface area (Å²) < 4.78 is 58.0. The molecule has 3 aromatic rings. The van der Waals surface area contributed by atoms with Crippen LogP contribution in [0.25, 0.3) is 11.0 Å². The molecule has 1 aromatic carbocycles. The maximum Gasteiger partial charge on any atom is 0.387 e. The number of fused-ring (bicyclic) bond motifs is 1. The van der Waals surface area contributed by atoms with Crippen LogP contribution in [0.5, 0.6) is 5.75 Å². The minimum absolute atomic E-state index is 0.00880. The lowest BCUT2D eigenvalue weighted by atomic mass is 9.99. The first-order chi connectivity index (χ1) is 19.0. The molecular formula is C27H29F2N5O5S. The summed E-state index contributed by atoms with van der Waals surface area (Å²) in [5, 5.41) is 14.8. The second-order valence-electron chi connectivity index (χ2n) is 10.3. The molecular weight excluding hydrogens is 544 g/mol. The molecule has 2 atom stereocenters. The third kappa shape index (κ3) is 5.39. The molecule has 212 valence electrons. The lowest BCUT2D eigenvalue weighted by Gasteiger charge is -2.32. The van der Waals surface area contributed by atoms with E-state index in [0.29, 0.717) is 36.7 Å². The Balaban J connectivity index is 1.33. The molecule has 40 heavy (non-hydrogen) atoms. The Kier molecular flexibility index (Phi) is 7.52. The average molecular weight is 574 g/mol. The SMILES string of the molecule is C#Cc1cc2cnc(NC3CCN(S(=O)(=O)c4ccc(OC(F)F)cc4)CC3)nc2n([C@@H]2CCC[C@@]2(C)O)c1=O. The highest BCUT2D eigenvalue weighted by molar-refractivity contribution is 7.89. The van der Waals surface area contributed by atoms with Gasteiger partial charge < -0.3 is 15.2 Å². The zero-order chi connectivity index (χ0) is 28.7. The molecule has 2 aromatic heterocycles. The second-order valence-corrected chi connectivity index (χ2v) is 12.2. The number of halogens is 2. The third-order valence-electron chi connectivity index (χ3n) is 7.59. The van der Waals surface area contributed by atoms with E-state index in [0.717, 1.165) is 6.42 Å². The van der Waals surface area contributed by atoms with Gasteiger partial charge in [-0.1, -0.05) is 5.92 Å². The van der Waals surface area contributed by atoms with Crippen molar-refractivity contribution in [2.45, 2.75) is 68.2 Å². The quantitative estimate of drug-likeness (QED) is 0.413. The van der Waals surface area contributed by atoms with E-state index in [1.54, 1.807) is 19.2 Å². The van der Waals surface area contributed by atoms with Gasteiger partial charge in [-0.25, -0.2) is 13.4 Å². The zero-order valence-electron chi connectivity index (χ0n) is 21.8. The fraction of sp³-hybridized carbons (Fsp3) is 0.444. The third-order valence-corrected chi connectivity index (χ3v) is 9.51. The van der Waals surface area contributed by atoms with Crippen LogP contribution in [-0.2, 0) is 10.0 Å². The van der Waals surface area contributed by atoms with E-state index in [9.17, 15) is 27.1 Å². The van der Waals surface area contributed by atoms with Crippen LogP contribution < -0.4 is 15.6 Å². The average Bonchev–Trinajstić information content (AvgIpc) is 3.27. The smallest absolute Gasteiger partial charge is 0.387 e. The van der Waals surface area contributed by atoms with E-state index in [4.69, 9.17) is 6.42 Å². The highest BCUT2D eigenvalue weighted by Crippen LogP contribution is 2.39. The largest absolute Gasteiger partial charge is 0.435 e. The number of piperidine rings is 1. The van der Waals surface area contributed by atoms with Gasteiger partial charge in [-0.15, -0.1) is 6.42 Å². The molecule has 0 unspecified atom stereocenters. The molecule has 5 rings (SSSR count). The Morgan fingerprint density at radius 1 is 1.23 bits per heavy atom. The predicted octanol–water partition coefficient (Wildman–Crippen LogP) is 3.12. The van der Waals surface area contributed by atoms with E-state index in [1.807, 2.05) is 0 Å². The van der Waals surface area contributed by atoms with E-state index >= 15 is 0 Å². The number of aliphatic hydroxyl groups is 1. The van der Waals surface area contributed by atoms with Crippen LogP contribution in [0.3, 0.4) is 0 Å². The van der Waals surface area contributed by atoms with Gasteiger partial charge in [0.25, 0.3) is 5.56 Å². The van der Waals surface area contributed by atoms with Crippen molar-refractivity contribution in [3.05, 3.63) is 52.4 Å². The van der Waals surface area contributed by atoms with Gasteiger partial charge in [0.1, 0.15) is 11.4 Å². The number of alkyl halides is 2. The summed E-state index contributed by atoms with van der Waals surface area (Å²) in [6.45, 7) is -0.834. The van der Waals surface area contributed by atoms with Gasteiger partial charge in [0.15, 0.2) is 0 Å². The lowest BCUT2D eigenvalue weighted by Crippen LogP contribution is -2.42. The van der Waals surface area contributed by atoms with Gasteiger partial charge in [-0.2, -0.15) is 18.1 Å². The van der Waals surface area contributed by atoms with E-state index in [-0.39, 0.29) is 46.8 Å². The van der Waals surface area contributed by atoms with E-state index < -0.39 is 28.3 Å². The summed E-state index contributed by atoms with van der Waals surface area (Å²) in [6, 6.07) is 5.83. The first kappa shape index (κ1) is 27.9. The van der Waals surface area contributed by atoms with Crippen LogP contribution >= 0.6 is 0 Å². The number of rotatable bonds is 7. The maximum absolute atomic E-state index is 13.2. The van der Waals surface area contributed by atoms with Gasteiger partial charge in [-0.05, 0) is 69.4 Å². The molecule has 0 amide bonds. The first-order valence-electron chi connectivity index (χ1n) is 12.9. The van der Waals surface area contributed by atoms with Crippen molar-refractivity contribution in [1.29, 1.82) is 0 Å².